The van der Waals surface area contributed by atoms with Gasteiger partial charge in [-0.1, -0.05) is 11.3 Å². The number of fused-ring (bicyclic) bond motifs is 1. The third-order valence-electron chi connectivity index (χ3n) is 2.83. The van der Waals surface area contributed by atoms with E-state index in [0.29, 0.717) is 11.5 Å². The lowest BCUT2D eigenvalue weighted by molar-refractivity contribution is 0.0606. The number of nitrogens with one attached hydrogen (secondary N) is 1. The summed E-state index contributed by atoms with van der Waals surface area (Å²) in [5.74, 6) is 0.725. The quantitative estimate of drug-likeness (QED) is 0.514. The highest BCUT2D eigenvalue weighted by atomic mass is 32.1. The Morgan fingerprint density at radius 2 is 2.22 bits per heavy atom. The molecule has 2 aromatic rings. The van der Waals surface area contributed by atoms with Crippen LogP contribution in [0.15, 0.2) is 34.2 Å². The number of rotatable bonds is 4. The third-order valence-corrected chi connectivity index (χ3v) is 3.71. The standard InChI is InChI=1S/C14H11N3O5S/c1-20-13(19)11-5-12(18)16-14(23-11)17-15-6-8-2-3-9-10(4-8)22-7-21-9/h2-6H,7H2,1H3,(H,16,17,18)/b15-6-. The van der Waals surface area contributed by atoms with E-state index in [1.807, 2.05) is 0 Å². The largest absolute Gasteiger partial charge is 0.465 e. The Morgan fingerprint density at radius 1 is 1.39 bits per heavy atom. The monoisotopic (exact) mass is 333 g/mol. The highest BCUT2D eigenvalue weighted by Gasteiger charge is 2.12. The maximum absolute atomic E-state index is 11.5. The molecule has 118 valence electrons. The molecule has 0 aliphatic carbocycles. The van der Waals surface area contributed by atoms with Crippen molar-refractivity contribution in [2.24, 2.45) is 5.10 Å². The summed E-state index contributed by atoms with van der Waals surface area (Å²) in [6, 6.07) is 6.47. The second kappa shape index (κ2) is 6.44. The van der Waals surface area contributed by atoms with Crippen molar-refractivity contribution in [2.75, 3.05) is 19.3 Å². The fraction of sp³-hybridized carbons (Fsp3) is 0.143. The number of aromatic nitrogens is 1. The van der Waals surface area contributed by atoms with E-state index in [2.05, 4.69) is 20.2 Å². The van der Waals surface area contributed by atoms with Crippen molar-refractivity contribution in [3.05, 3.63) is 45.1 Å². The number of hydrogen-bond donors (Lipinski definition) is 1. The van der Waals surface area contributed by atoms with E-state index in [4.69, 9.17) is 9.47 Å². The van der Waals surface area contributed by atoms with Crippen LogP contribution in [-0.4, -0.2) is 31.1 Å². The number of anilines is 1. The minimum absolute atomic E-state index is 0.147. The predicted molar refractivity (Wildman–Crippen MR) is 83.5 cm³/mol. The van der Waals surface area contributed by atoms with Gasteiger partial charge in [-0.25, -0.2) is 4.79 Å². The zero-order valence-electron chi connectivity index (χ0n) is 11.9. The lowest BCUT2D eigenvalue weighted by Crippen LogP contribution is -2.10. The fourth-order valence-corrected chi connectivity index (χ4v) is 2.57. The summed E-state index contributed by atoms with van der Waals surface area (Å²) >= 11 is 0.969. The first kappa shape index (κ1) is 15.0. The van der Waals surface area contributed by atoms with E-state index in [-0.39, 0.29) is 16.8 Å². The molecule has 0 radical (unpaired) electrons. The number of ether oxygens (including phenoxy) is 3. The summed E-state index contributed by atoms with van der Waals surface area (Å²) in [5, 5.41) is 4.18. The zero-order valence-corrected chi connectivity index (χ0v) is 12.8. The minimum atomic E-state index is -0.600. The molecule has 0 fully saturated rings. The number of nitrogens with zero attached hydrogens (tertiary/aromatic N) is 2. The van der Waals surface area contributed by atoms with E-state index in [1.165, 1.54) is 13.3 Å². The topological polar surface area (TPSA) is 99.1 Å². The molecule has 0 bridgehead atoms. The SMILES string of the molecule is COC(=O)c1cc(=O)nc(N/N=C\c2ccc3c(c2)OCO3)s1. The van der Waals surface area contributed by atoms with Crippen LogP contribution >= 0.6 is 11.3 Å². The second-order valence-corrected chi connectivity index (χ2v) is 5.37. The summed E-state index contributed by atoms with van der Waals surface area (Å²) < 4.78 is 15.1. The van der Waals surface area contributed by atoms with Gasteiger partial charge in [0.2, 0.25) is 11.9 Å². The van der Waals surface area contributed by atoms with Crippen LogP contribution in [0.1, 0.15) is 15.2 Å². The van der Waals surface area contributed by atoms with Gasteiger partial charge in [-0.05, 0) is 23.8 Å². The van der Waals surface area contributed by atoms with Crippen LogP contribution < -0.4 is 20.5 Å². The van der Waals surface area contributed by atoms with Crippen molar-refractivity contribution in [2.45, 2.75) is 0 Å². The molecular formula is C14H11N3O5S. The minimum Gasteiger partial charge on any atom is -0.465 e. The molecule has 9 heteroatoms. The van der Waals surface area contributed by atoms with Gasteiger partial charge in [0, 0.05) is 6.07 Å². The number of carbonyl (C=O) groups excluding carboxylic acids is 1. The lowest BCUT2D eigenvalue weighted by atomic mass is 10.2. The molecule has 1 aromatic carbocycles. The second-order valence-electron chi connectivity index (χ2n) is 4.34. The van der Waals surface area contributed by atoms with Crippen LogP contribution in [0.2, 0.25) is 0 Å². The molecule has 3 rings (SSSR count). The number of methoxy groups -OCH3 is 1. The zero-order chi connectivity index (χ0) is 16.2. The smallest absolute Gasteiger partial charge is 0.348 e. The first-order chi connectivity index (χ1) is 11.2. The van der Waals surface area contributed by atoms with Crippen LogP contribution in [0.25, 0.3) is 0 Å². The number of esters is 1. The summed E-state index contributed by atoms with van der Waals surface area (Å²) in [6.45, 7) is 0.201. The Balaban J connectivity index is 1.74. The number of carbonyl (C=O) groups is 1. The molecule has 1 N–H and O–H groups in total. The Morgan fingerprint density at radius 3 is 3.04 bits per heavy atom. The summed E-state index contributed by atoms with van der Waals surface area (Å²) in [6.07, 6.45) is 1.53. The van der Waals surface area contributed by atoms with E-state index in [0.717, 1.165) is 23.0 Å². The van der Waals surface area contributed by atoms with Gasteiger partial charge in [0.05, 0.1) is 13.3 Å². The van der Waals surface area contributed by atoms with Gasteiger partial charge < -0.3 is 14.2 Å². The van der Waals surface area contributed by atoms with E-state index < -0.39 is 11.5 Å². The van der Waals surface area contributed by atoms with Crippen molar-refractivity contribution in [3.63, 3.8) is 0 Å². The summed E-state index contributed by atoms with van der Waals surface area (Å²) in [5.41, 5.74) is 2.84. The number of benzene rings is 1. The number of hydrogen-bond acceptors (Lipinski definition) is 9. The number of hydrazone groups is 1. The molecule has 0 spiro atoms. The van der Waals surface area contributed by atoms with Gasteiger partial charge in [-0.2, -0.15) is 10.1 Å². The highest BCUT2D eigenvalue weighted by Crippen LogP contribution is 2.31. The first-order valence-corrected chi connectivity index (χ1v) is 7.26. The van der Waals surface area contributed by atoms with E-state index >= 15 is 0 Å². The van der Waals surface area contributed by atoms with Gasteiger partial charge in [0.1, 0.15) is 4.88 Å². The Kier molecular flexibility index (Phi) is 4.20. The highest BCUT2D eigenvalue weighted by molar-refractivity contribution is 7.17. The summed E-state index contributed by atoms with van der Waals surface area (Å²) in [7, 11) is 1.24. The van der Waals surface area contributed by atoms with Gasteiger partial charge >= 0.3 is 5.97 Å². The normalized spacial score (nSPS) is 12.4. The van der Waals surface area contributed by atoms with E-state index in [1.54, 1.807) is 18.2 Å². The maximum Gasteiger partial charge on any atom is 0.348 e. The van der Waals surface area contributed by atoms with Crippen LogP contribution in [-0.2, 0) is 4.74 Å². The molecule has 0 unspecified atom stereocenters. The Labute approximate surface area is 134 Å². The molecule has 1 aliphatic heterocycles. The van der Waals surface area contributed by atoms with Gasteiger partial charge in [0.25, 0.3) is 5.56 Å². The molecule has 0 amide bonds. The van der Waals surface area contributed by atoms with Crippen LogP contribution in [0.4, 0.5) is 5.13 Å². The molecular weight excluding hydrogens is 322 g/mol. The molecule has 8 nitrogen and oxygen atoms in total. The Hall–Kier alpha value is -2.94. The molecule has 1 aliphatic rings. The van der Waals surface area contributed by atoms with Crippen molar-refractivity contribution in [1.82, 2.24) is 4.98 Å². The van der Waals surface area contributed by atoms with Crippen molar-refractivity contribution in [3.8, 4) is 11.5 Å². The lowest BCUT2D eigenvalue weighted by Gasteiger charge is -2.01. The van der Waals surface area contributed by atoms with E-state index in [9.17, 15) is 9.59 Å². The third kappa shape index (κ3) is 3.46. The molecule has 0 saturated carbocycles. The first-order valence-electron chi connectivity index (χ1n) is 6.45. The van der Waals surface area contributed by atoms with Gasteiger partial charge in [0.15, 0.2) is 11.5 Å². The molecule has 2 heterocycles. The molecule has 1 aromatic heterocycles. The van der Waals surface area contributed by atoms with Crippen LogP contribution in [0.5, 0.6) is 11.5 Å². The maximum atomic E-state index is 11.5. The summed E-state index contributed by atoms with van der Waals surface area (Å²) in [4.78, 5) is 26.8. The Bertz CT molecular complexity index is 833. The molecule has 23 heavy (non-hydrogen) atoms. The van der Waals surface area contributed by atoms with Crippen molar-refractivity contribution in [1.29, 1.82) is 0 Å². The van der Waals surface area contributed by atoms with Crippen LogP contribution in [0.3, 0.4) is 0 Å². The van der Waals surface area contributed by atoms with Crippen molar-refractivity contribution >= 4 is 28.7 Å². The fourth-order valence-electron chi connectivity index (χ4n) is 1.81. The van der Waals surface area contributed by atoms with Crippen LogP contribution in [0, 0.1) is 0 Å². The molecule has 0 saturated heterocycles. The van der Waals surface area contributed by atoms with Crippen molar-refractivity contribution < 1.29 is 19.0 Å². The van der Waals surface area contributed by atoms with Gasteiger partial charge in [-0.3, -0.25) is 10.2 Å². The van der Waals surface area contributed by atoms with Gasteiger partial charge in [-0.15, -0.1) is 0 Å². The molecule has 0 atom stereocenters. The predicted octanol–water partition coefficient (Wildman–Crippen LogP) is 1.46. The average molecular weight is 333 g/mol. The average Bonchev–Trinajstić information content (AvgIpc) is 3.01.